The van der Waals surface area contributed by atoms with Gasteiger partial charge in [0, 0.05) is 4.91 Å². The summed E-state index contributed by atoms with van der Waals surface area (Å²) in [6.45, 7) is 1.93. The Kier molecular flexibility index (Phi) is 3.95. The van der Waals surface area contributed by atoms with Crippen LogP contribution in [0.4, 0.5) is 0 Å². The topological polar surface area (TPSA) is 83.5 Å². The highest BCUT2D eigenvalue weighted by Gasteiger charge is 2.37. The maximum Gasteiger partial charge on any atom is 0.296 e. The lowest BCUT2D eigenvalue weighted by Gasteiger charge is -2.04. The quantitative estimate of drug-likeness (QED) is 0.439. The Morgan fingerprint density at radius 3 is 2.42 bits per heavy atom. The van der Waals surface area contributed by atoms with Crippen molar-refractivity contribution in [3.8, 4) is 0 Å². The molecule has 1 unspecified atom stereocenters. The Bertz CT molecular complexity index is 649. The molecule has 1 amide bonds. The molecule has 1 aromatic rings. The van der Waals surface area contributed by atoms with Gasteiger partial charge in [-0.1, -0.05) is 41.6 Å². The van der Waals surface area contributed by atoms with E-state index >= 15 is 0 Å². The Balaban J connectivity index is 2.37. The molecule has 0 spiro atoms. The SMILES string of the molecule is Cc1ccc(C(S)=C2SC(S(=O)(=O)O)NC2=O)cc1. The van der Waals surface area contributed by atoms with E-state index in [2.05, 4.69) is 17.9 Å². The molecule has 0 radical (unpaired) electrons. The van der Waals surface area contributed by atoms with E-state index in [0.717, 1.165) is 17.3 Å². The molecule has 1 heterocycles. The van der Waals surface area contributed by atoms with Crippen molar-refractivity contribution in [1.82, 2.24) is 5.32 Å². The van der Waals surface area contributed by atoms with Crippen molar-refractivity contribution < 1.29 is 17.8 Å². The first-order valence-electron chi connectivity index (χ1n) is 5.23. The highest BCUT2D eigenvalue weighted by atomic mass is 32.3. The number of benzene rings is 1. The van der Waals surface area contributed by atoms with Crippen LogP contribution in [0.25, 0.3) is 4.91 Å². The normalized spacial score (nSPS) is 22.3. The van der Waals surface area contributed by atoms with Crippen LogP contribution in [0.1, 0.15) is 11.1 Å². The molecule has 2 rings (SSSR count). The smallest absolute Gasteiger partial charge is 0.296 e. The molecular weight excluding hydrogens is 306 g/mol. The Morgan fingerprint density at radius 2 is 1.95 bits per heavy atom. The van der Waals surface area contributed by atoms with Gasteiger partial charge in [-0.25, -0.2) is 0 Å². The fraction of sp³-hybridized carbons (Fsp3) is 0.182. The van der Waals surface area contributed by atoms with Crippen LogP contribution in [-0.2, 0) is 14.9 Å². The number of thiol groups is 1. The minimum absolute atomic E-state index is 0.176. The van der Waals surface area contributed by atoms with E-state index in [1.54, 1.807) is 12.1 Å². The fourth-order valence-corrected chi connectivity index (χ4v) is 3.72. The molecule has 1 aliphatic heterocycles. The molecule has 0 aliphatic carbocycles. The zero-order chi connectivity index (χ0) is 14.2. The molecule has 102 valence electrons. The van der Waals surface area contributed by atoms with Crippen LogP contribution in [0.2, 0.25) is 0 Å². The Morgan fingerprint density at radius 1 is 1.37 bits per heavy atom. The predicted octanol–water partition coefficient (Wildman–Crippen LogP) is 1.63. The number of rotatable bonds is 2. The lowest BCUT2D eigenvalue weighted by Crippen LogP contribution is -2.31. The first-order chi connectivity index (χ1) is 8.79. The number of carbonyl (C=O) groups excluding carboxylic acids is 1. The minimum atomic E-state index is -4.33. The molecule has 1 atom stereocenters. The van der Waals surface area contributed by atoms with Crippen molar-refractivity contribution in [1.29, 1.82) is 0 Å². The number of hydrogen-bond donors (Lipinski definition) is 3. The molecule has 0 aromatic heterocycles. The molecule has 8 heteroatoms. The van der Waals surface area contributed by atoms with Crippen molar-refractivity contribution in [2.45, 2.75) is 11.6 Å². The summed E-state index contributed by atoms with van der Waals surface area (Å²) in [6, 6.07) is 7.31. The highest BCUT2D eigenvalue weighted by Crippen LogP contribution is 2.37. The monoisotopic (exact) mass is 317 g/mol. The van der Waals surface area contributed by atoms with Crippen molar-refractivity contribution >= 4 is 45.3 Å². The van der Waals surface area contributed by atoms with Crippen LogP contribution < -0.4 is 5.32 Å². The maximum atomic E-state index is 11.7. The van der Waals surface area contributed by atoms with Crippen LogP contribution in [0, 0.1) is 6.92 Å². The number of nitrogens with one attached hydrogen (secondary N) is 1. The molecule has 5 nitrogen and oxygen atoms in total. The summed E-state index contributed by atoms with van der Waals surface area (Å²) in [5.41, 5.74) is 1.77. The number of hydrogen-bond acceptors (Lipinski definition) is 5. The van der Waals surface area contributed by atoms with E-state index in [4.69, 9.17) is 4.55 Å². The van der Waals surface area contributed by atoms with Gasteiger partial charge in [-0.15, -0.1) is 12.6 Å². The van der Waals surface area contributed by atoms with Gasteiger partial charge in [0.05, 0.1) is 4.91 Å². The predicted molar refractivity (Wildman–Crippen MR) is 78.2 cm³/mol. The van der Waals surface area contributed by atoms with Crippen LogP contribution in [-0.4, -0.2) is 23.6 Å². The number of carbonyl (C=O) groups is 1. The minimum Gasteiger partial charge on any atom is -0.324 e. The fourth-order valence-electron chi connectivity index (χ4n) is 1.50. The summed E-state index contributed by atoms with van der Waals surface area (Å²) in [5.74, 6) is -0.557. The summed E-state index contributed by atoms with van der Waals surface area (Å²) in [6.07, 6.45) is 0. The number of aryl methyl sites for hydroxylation is 1. The van der Waals surface area contributed by atoms with Gasteiger partial charge >= 0.3 is 0 Å². The Hall–Kier alpha value is -0.960. The summed E-state index contributed by atoms with van der Waals surface area (Å²) >= 11 is 5.00. The third-order valence-corrected chi connectivity index (χ3v) is 5.76. The third-order valence-electron chi connectivity index (χ3n) is 2.49. The van der Waals surface area contributed by atoms with Crippen molar-refractivity contribution in [2.24, 2.45) is 0 Å². The van der Waals surface area contributed by atoms with Gasteiger partial charge in [0.25, 0.3) is 16.0 Å². The standard InChI is InChI=1S/C11H11NO4S3/c1-6-2-4-7(5-3-6)8(17)9-10(13)12-11(18-9)19(14,15)16/h2-5,11,17H,1H3,(H,12,13)(H,14,15,16). The van der Waals surface area contributed by atoms with Crippen molar-refractivity contribution in [2.75, 3.05) is 0 Å². The van der Waals surface area contributed by atoms with Gasteiger partial charge in [0.2, 0.25) is 4.71 Å². The average molecular weight is 317 g/mol. The second-order valence-corrected chi connectivity index (χ2v) is 7.34. The van der Waals surface area contributed by atoms with E-state index in [1.165, 1.54) is 0 Å². The van der Waals surface area contributed by atoms with Crippen LogP contribution in [0.3, 0.4) is 0 Å². The van der Waals surface area contributed by atoms with Gasteiger partial charge in [-0.3, -0.25) is 9.35 Å². The van der Waals surface area contributed by atoms with Gasteiger partial charge in [-0.05, 0) is 12.5 Å². The van der Waals surface area contributed by atoms with E-state index in [0.29, 0.717) is 10.5 Å². The van der Waals surface area contributed by atoms with Gasteiger partial charge < -0.3 is 5.32 Å². The first kappa shape index (κ1) is 14.4. The average Bonchev–Trinajstić information content (AvgIpc) is 2.71. The molecule has 0 bridgehead atoms. The molecule has 0 saturated carbocycles. The molecule has 19 heavy (non-hydrogen) atoms. The van der Waals surface area contributed by atoms with E-state index < -0.39 is 20.7 Å². The van der Waals surface area contributed by atoms with E-state index in [-0.39, 0.29) is 4.91 Å². The summed E-state index contributed by atoms with van der Waals surface area (Å²) in [7, 11) is -4.33. The molecular formula is C11H11NO4S3. The second kappa shape index (κ2) is 5.20. The highest BCUT2D eigenvalue weighted by molar-refractivity contribution is 8.15. The van der Waals surface area contributed by atoms with E-state index in [1.807, 2.05) is 19.1 Å². The van der Waals surface area contributed by atoms with Crippen LogP contribution in [0.15, 0.2) is 29.2 Å². The lowest BCUT2D eigenvalue weighted by molar-refractivity contribution is -0.116. The first-order valence-corrected chi connectivity index (χ1v) is 8.06. The number of thioether (sulfide) groups is 1. The van der Waals surface area contributed by atoms with Gasteiger partial charge in [0.15, 0.2) is 0 Å². The maximum absolute atomic E-state index is 11.7. The summed E-state index contributed by atoms with van der Waals surface area (Å²) in [5, 5.41) is 2.19. The number of amides is 1. The largest absolute Gasteiger partial charge is 0.324 e. The zero-order valence-corrected chi connectivity index (χ0v) is 12.3. The van der Waals surface area contributed by atoms with Crippen LogP contribution in [0.5, 0.6) is 0 Å². The van der Waals surface area contributed by atoms with Crippen LogP contribution >= 0.6 is 24.4 Å². The summed E-state index contributed by atoms with van der Waals surface area (Å²) in [4.78, 5) is 12.3. The second-order valence-electron chi connectivity index (χ2n) is 3.98. The molecule has 1 aromatic carbocycles. The van der Waals surface area contributed by atoms with Gasteiger partial charge in [-0.2, -0.15) is 8.42 Å². The molecule has 1 aliphatic rings. The van der Waals surface area contributed by atoms with Gasteiger partial charge in [0.1, 0.15) is 0 Å². The molecule has 2 N–H and O–H groups in total. The van der Waals surface area contributed by atoms with E-state index in [9.17, 15) is 13.2 Å². The Labute approximate surface area is 120 Å². The molecule has 1 fully saturated rings. The lowest BCUT2D eigenvalue weighted by atomic mass is 10.1. The summed E-state index contributed by atoms with van der Waals surface area (Å²) < 4.78 is 29.6. The van der Waals surface area contributed by atoms with Crippen molar-refractivity contribution in [3.63, 3.8) is 0 Å². The third kappa shape index (κ3) is 3.14. The molecule has 1 saturated heterocycles. The zero-order valence-electron chi connectivity index (χ0n) is 9.82. The van der Waals surface area contributed by atoms with Crippen molar-refractivity contribution in [3.05, 3.63) is 40.3 Å².